The Balaban J connectivity index is 1.89. The van der Waals surface area contributed by atoms with E-state index in [1.165, 1.54) is 18.3 Å². The molecule has 1 aromatic heterocycles. The Morgan fingerprint density at radius 2 is 2.29 bits per heavy atom. The molecule has 1 aromatic rings. The van der Waals surface area contributed by atoms with E-state index < -0.39 is 5.97 Å². The third-order valence-electron chi connectivity index (χ3n) is 2.79. The number of rotatable bonds is 4. The van der Waals surface area contributed by atoms with Gasteiger partial charge in [0.1, 0.15) is 0 Å². The zero-order valence-corrected chi connectivity index (χ0v) is 9.46. The Morgan fingerprint density at radius 1 is 1.53 bits per heavy atom. The molecule has 0 atom stereocenters. The van der Waals surface area contributed by atoms with Gasteiger partial charge in [-0.25, -0.2) is 9.78 Å². The number of carboxylic acids is 1. The maximum Gasteiger partial charge on any atom is 0.335 e. The van der Waals surface area contributed by atoms with Gasteiger partial charge in [-0.05, 0) is 24.8 Å². The van der Waals surface area contributed by atoms with Gasteiger partial charge in [0.25, 0.3) is 0 Å². The number of aromatic carboxylic acids is 1. The van der Waals surface area contributed by atoms with Crippen LogP contribution in [0, 0.1) is 5.92 Å². The molecule has 17 heavy (non-hydrogen) atoms. The maximum absolute atomic E-state index is 10.8. The zero-order chi connectivity index (χ0) is 12.1. The van der Waals surface area contributed by atoms with E-state index in [9.17, 15) is 4.79 Å². The second-order valence-corrected chi connectivity index (χ2v) is 4.05. The highest BCUT2D eigenvalue weighted by Crippen LogP contribution is 2.17. The van der Waals surface area contributed by atoms with E-state index in [0.717, 1.165) is 26.1 Å². The highest BCUT2D eigenvalue weighted by atomic mass is 16.5. The quantitative estimate of drug-likeness (QED) is 0.861. The molecule has 1 N–H and O–H groups in total. The molecule has 2 rings (SSSR count). The lowest BCUT2D eigenvalue weighted by molar-refractivity contribution is 0.0490. The van der Waals surface area contributed by atoms with Gasteiger partial charge in [0, 0.05) is 25.5 Å². The summed E-state index contributed by atoms with van der Waals surface area (Å²) < 4.78 is 10.8. The summed E-state index contributed by atoms with van der Waals surface area (Å²) in [7, 11) is 0. The molecule has 0 radical (unpaired) electrons. The number of hydrogen-bond acceptors (Lipinski definition) is 4. The molecule has 0 aromatic carbocycles. The minimum atomic E-state index is -0.969. The summed E-state index contributed by atoms with van der Waals surface area (Å²) in [4.78, 5) is 14.7. The minimum absolute atomic E-state index is 0.196. The number of aromatic nitrogens is 1. The van der Waals surface area contributed by atoms with Crippen molar-refractivity contribution in [3.05, 3.63) is 23.9 Å². The van der Waals surface area contributed by atoms with Crippen molar-refractivity contribution < 1.29 is 19.4 Å². The SMILES string of the molecule is O=C(O)c1ccnc(OCC2CCOCC2)c1. The summed E-state index contributed by atoms with van der Waals surface area (Å²) in [5.74, 6) is -0.126. The Bertz CT molecular complexity index is 388. The number of carbonyl (C=O) groups is 1. The van der Waals surface area contributed by atoms with Crippen LogP contribution in [0.25, 0.3) is 0 Å². The number of nitrogens with zero attached hydrogens (tertiary/aromatic N) is 1. The molecular formula is C12H15NO4. The average Bonchev–Trinajstić information content (AvgIpc) is 2.38. The first-order valence-corrected chi connectivity index (χ1v) is 5.65. The molecule has 0 unspecified atom stereocenters. The van der Waals surface area contributed by atoms with Gasteiger partial charge >= 0.3 is 5.97 Å². The van der Waals surface area contributed by atoms with E-state index in [-0.39, 0.29) is 5.56 Å². The fourth-order valence-corrected chi connectivity index (χ4v) is 1.74. The van der Waals surface area contributed by atoms with Crippen molar-refractivity contribution in [2.24, 2.45) is 5.92 Å². The molecule has 0 saturated carbocycles. The Hall–Kier alpha value is -1.62. The largest absolute Gasteiger partial charge is 0.478 e. The molecule has 2 heterocycles. The van der Waals surface area contributed by atoms with Crippen molar-refractivity contribution in [1.82, 2.24) is 4.98 Å². The first kappa shape index (κ1) is 11.9. The lowest BCUT2D eigenvalue weighted by Crippen LogP contribution is -2.21. The zero-order valence-electron chi connectivity index (χ0n) is 9.46. The summed E-state index contributed by atoms with van der Waals surface area (Å²) in [5.41, 5.74) is 0.196. The summed E-state index contributed by atoms with van der Waals surface area (Å²) in [6.07, 6.45) is 3.42. The summed E-state index contributed by atoms with van der Waals surface area (Å²) in [5, 5.41) is 8.83. The second-order valence-electron chi connectivity index (χ2n) is 4.05. The van der Waals surface area contributed by atoms with E-state index in [2.05, 4.69) is 4.98 Å². The van der Waals surface area contributed by atoms with Gasteiger partial charge in [0.05, 0.1) is 12.2 Å². The summed E-state index contributed by atoms with van der Waals surface area (Å²) >= 11 is 0. The van der Waals surface area contributed by atoms with Crippen LogP contribution in [0.5, 0.6) is 5.88 Å². The van der Waals surface area contributed by atoms with Gasteiger partial charge in [-0.15, -0.1) is 0 Å². The van der Waals surface area contributed by atoms with E-state index in [0.29, 0.717) is 18.4 Å². The first-order valence-electron chi connectivity index (χ1n) is 5.65. The van der Waals surface area contributed by atoms with E-state index in [4.69, 9.17) is 14.6 Å². The monoisotopic (exact) mass is 237 g/mol. The standard InChI is InChI=1S/C12H15NO4/c14-12(15)10-1-4-13-11(7-10)17-8-9-2-5-16-6-3-9/h1,4,7,9H,2-3,5-6,8H2,(H,14,15). The molecule has 1 fully saturated rings. The first-order chi connectivity index (χ1) is 8.25. The topological polar surface area (TPSA) is 68.7 Å². The van der Waals surface area contributed by atoms with Crippen molar-refractivity contribution >= 4 is 5.97 Å². The second kappa shape index (κ2) is 5.63. The van der Waals surface area contributed by atoms with Crippen LogP contribution in [-0.2, 0) is 4.74 Å². The van der Waals surface area contributed by atoms with Crippen LogP contribution in [0.4, 0.5) is 0 Å². The third-order valence-corrected chi connectivity index (χ3v) is 2.79. The van der Waals surface area contributed by atoms with Gasteiger partial charge in [0.2, 0.25) is 5.88 Å². The molecular weight excluding hydrogens is 222 g/mol. The summed E-state index contributed by atoms with van der Waals surface area (Å²) in [6, 6.07) is 2.89. The number of pyridine rings is 1. The molecule has 0 aliphatic carbocycles. The number of hydrogen-bond donors (Lipinski definition) is 1. The Morgan fingerprint density at radius 3 is 3.00 bits per heavy atom. The smallest absolute Gasteiger partial charge is 0.335 e. The molecule has 5 nitrogen and oxygen atoms in total. The molecule has 5 heteroatoms. The van der Waals surface area contributed by atoms with E-state index in [1.54, 1.807) is 0 Å². The van der Waals surface area contributed by atoms with E-state index >= 15 is 0 Å². The van der Waals surface area contributed by atoms with Crippen molar-refractivity contribution in [2.45, 2.75) is 12.8 Å². The molecule has 1 aliphatic heterocycles. The van der Waals surface area contributed by atoms with Crippen LogP contribution in [0.2, 0.25) is 0 Å². The third kappa shape index (κ3) is 3.42. The lowest BCUT2D eigenvalue weighted by Gasteiger charge is -2.21. The Kier molecular flexibility index (Phi) is 3.93. The molecule has 1 aliphatic rings. The fourth-order valence-electron chi connectivity index (χ4n) is 1.74. The van der Waals surface area contributed by atoms with Gasteiger partial charge in [-0.3, -0.25) is 0 Å². The van der Waals surface area contributed by atoms with Gasteiger partial charge in [-0.1, -0.05) is 0 Å². The fraction of sp³-hybridized carbons (Fsp3) is 0.500. The van der Waals surface area contributed by atoms with Gasteiger partial charge in [0.15, 0.2) is 0 Å². The van der Waals surface area contributed by atoms with Gasteiger partial charge < -0.3 is 14.6 Å². The lowest BCUT2D eigenvalue weighted by atomic mass is 10.0. The maximum atomic E-state index is 10.8. The van der Waals surface area contributed by atoms with Crippen molar-refractivity contribution in [3.63, 3.8) is 0 Å². The molecule has 0 spiro atoms. The molecule has 0 amide bonds. The molecule has 1 saturated heterocycles. The number of ether oxygens (including phenoxy) is 2. The highest BCUT2D eigenvalue weighted by Gasteiger charge is 2.15. The Labute approximate surface area is 99.4 Å². The van der Waals surface area contributed by atoms with Crippen LogP contribution < -0.4 is 4.74 Å². The van der Waals surface area contributed by atoms with Crippen LogP contribution in [0.15, 0.2) is 18.3 Å². The van der Waals surface area contributed by atoms with Crippen molar-refractivity contribution in [1.29, 1.82) is 0 Å². The van der Waals surface area contributed by atoms with Crippen molar-refractivity contribution in [2.75, 3.05) is 19.8 Å². The molecule has 0 bridgehead atoms. The highest BCUT2D eigenvalue weighted by molar-refractivity contribution is 5.87. The minimum Gasteiger partial charge on any atom is -0.478 e. The normalized spacial score (nSPS) is 16.7. The van der Waals surface area contributed by atoms with E-state index in [1.807, 2.05) is 0 Å². The number of carboxylic acid groups (broad SMARTS) is 1. The predicted molar refractivity (Wildman–Crippen MR) is 60.2 cm³/mol. The molecule has 92 valence electrons. The van der Waals surface area contributed by atoms with Crippen LogP contribution >= 0.6 is 0 Å². The van der Waals surface area contributed by atoms with Crippen LogP contribution in [0.1, 0.15) is 23.2 Å². The van der Waals surface area contributed by atoms with Crippen LogP contribution in [0.3, 0.4) is 0 Å². The van der Waals surface area contributed by atoms with Crippen molar-refractivity contribution in [3.8, 4) is 5.88 Å². The summed E-state index contributed by atoms with van der Waals surface area (Å²) in [6.45, 7) is 2.12. The predicted octanol–water partition coefficient (Wildman–Crippen LogP) is 1.59. The average molecular weight is 237 g/mol. The van der Waals surface area contributed by atoms with Gasteiger partial charge in [-0.2, -0.15) is 0 Å². The van der Waals surface area contributed by atoms with Crippen LogP contribution in [-0.4, -0.2) is 35.9 Å².